The first kappa shape index (κ1) is 21.6. The second-order valence-corrected chi connectivity index (χ2v) is 8.39. The van der Waals surface area contributed by atoms with Gasteiger partial charge in [0.2, 0.25) is 0 Å². The molecule has 1 aromatic heterocycles. The van der Waals surface area contributed by atoms with E-state index >= 15 is 0 Å². The molecule has 1 heterocycles. The van der Waals surface area contributed by atoms with Gasteiger partial charge in [0.25, 0.3) is 5.69 Å². The Labute approximate surface area is 200 Å². The zero-order chi connectivity index (χ0) is 23.7. The molecule has 6 heteroatoms. The largest absolute Gasteiger partial charge is 0.335 e. The number of hydrogen-bond acceptors (Lipinski definition) is 3. The van der Waals surface area contributed by atoms with Crippen LogP contribution in [-0.2, 0) is 6.54 Å². The molecule has 0 radical (unpaired) electrons. The van der Waals surface area contributed by atoms with Crippen LogP contribution in [0.2, 0.25) is 5.02 Å². The zero-order valence-corrected chi connectivity index (χ0v) is 18.8. The fourth-order valence-corrected chi connectivity index (χ4v) is 4.43. The predicted molar refractivity (Wildman–Crippen MR) is 136 cm³/mol. The average molecular weight is 467 g/mol. The first-order valence-corrected chi connectivity index (χ1v) is 11.1. The molecule has 4 aromatic carbocycles. The number of pyridine rings is 1. The van der Waals surface area contributed by atoms with Gasteiger partial charge in [0.1, 0.15) is 0 Å². The Morgan fingerprint density at radius 2 is 1.44 bits per heavy atom. The molecule has 0 aliphatic rings. The number of nitro groups is 1. The second kappa shape index (κ2) is 8.96. The third-order valence-electron chi connectivity index (χ3n) is 5.83. The molecular formula is C28H19ClN2O3. The minimum absolute atomic E-state index is 0.0257. The smallest absolute Gasteiger partial charge is 0.269 e. The Balaban J connectivity index is 1.90. The van der Waals surface area contributed by atoms with Gasteiger partial charge in [-0.2, -0.15) is 0 Å². The Morgan fingerprint density at radius 1 is 0.794 bits per heavy atom. The van der Waals surface area contributed by atoms with E-state index in [9.17, 15) is 14.9 Å². The van der Waals surface area contributed by atoms with Crippen LogP contribution in [0, 0.1) is 10.1 Å². The Hall–Kier alpha value is -4.22. The van der Waals surface area contributed by atoms with Crippen LogP contribution in [0.4, 0.5) is 5.69 Å². The first-order chi connectivity index (χ1) is 16.5. The minimum atomic E-state index is -0.446. The van der Waals surface area contributed by atoms with Crippen LogP contribution >= 0.6 is 11.6 Å². The van der Waals surface area contributed by atoms with Crippen molar-refractivity contribution in [3.8, 4) is 22.4 Å². The number of halogens is 1. The summed E-state index contributed by atoms with van der Waals surface area (Å²) >= 11 is 6.37. The molecule has 5 aromatic rings. The Kier molecular flexibility index (Phi) is 5.70. The molecule has 0 amide bonds. The molecule has 0 aliphatic heterocycles. The van der Waals surface area contributed by atoms with Crippen molar-refractivity contribution in [2.75, 3.05) is 0 Å². The third-order valence-corrected chi connectivity index (χ3v) is 6.06. The maximum atomic E-state index is 13.9. The molecule has 0 atom stereocenters. The highest BCUT2D eigenvalue weighted by Crippen LogP contribution is 2.34. The average Bonchev–Trinajstić information content (AvgIpc) is 2.86. The molecule has 0 aliphatic carbocycles. The Morgan fingerprint density at radius 3 is 2.09 bits per heavy atom. The van der Waals surface area contributed by atoms with Gasteiger partial charge in [-0.15, -0.1) is 0 Å². The van der Waals surface area contributed by atoms with E-state index in [0.717, 1.165) is 22.3 Å². The number of non-ortho nitro benzene ring substituents is 1. The minimum Gasteiger partial charge on any atom is -0.335 e. The number of aromatic nitrogens is 1. The van der Waals surface area contributed by atoms with Gasteiger partial charge in [0.05, 0.1) is 21.7 Å². The van der Waals surface area contributed by atoms with Gasteiger partial charge in [0, 0.05) is 29.1 Å². The molecule has 5 rings (SSSR count). The summed E-state index contributed by atoms with van der Waals surface area (Å²) in [7, 11) is 0. The van der Waals surface area contributed by atoms with Gasteiger partial charge in [-0.3, -0.25) is 14.9 Å². The highest BCUT2D eigenvalue weighted by Gasteiger charge is 2.21. The van der Waals surface area contributed by atoms with Crippen LogP contribution in [0.3, 0.4) is 0 Å². The number of benzene rings is 4. The summed E-state index contributed by atoms with van der Waals surface area (Å²) in [5, 5.41) is 12.3. The predicted octanol–water partition coefficient (Wildman–Crippen LogP) is 6.95. The molecule has 0 fully saturated rings. The molecule has 0 bridgehead atoms. The van der Waals surface area contributed by atoms with E-state index in [1.54, 1.807) is 24.3 Å². The van der Waals surface area contributed by atoms with Crippen molar-refractivity contribution < 1.29 is 4.92 Å². The van der Waals surface area contributed by atoms with Gasteiger partial charge in [-0.25, -0.2) is 0 Å². The van der Waals surface area contributed by atoms with Crippen LogP contribution in [0.1, 0.15) is 5.56 Å². The lowest BCUT2D eigenvalue weighted by atomic mass is 9.95. The van der Waals surface area contributed by atoms with Crippen molar-refractivity contribution in [1.29, 1.82) is 0 Å². The fraction of sp³-hybridized carbons (Fsp3) is 0.0357. The van der Waals surface area contributed by atoms with E-state index < -0.39 is 4.92 Å². The number of hydrogen-bond donors (Lipinski definition) is 0. The fourth-order valence-electron chi connectivity index (χ4n) is 4.26. The summed E-state index contributed by atoms with van der Waals surface area (Å²) in [5.41, 5.74) is 4.33. The highest BCUT2D eigenvalue weighted by atomic mass is 35.5. The van der Waals surface area contributed by atoms with Crippen molar-refractivity contribution in [3.63, 3.8) is 0 Å². The molecular weight excluding hydrogens is 448 g/mol. The van der Waals surface area contributed by atoms with Crippen LogP contribution in [0.25, 0.3) is 33.3 Å². The molecule has 0 spiro atoms. The summed E-state index contributed by atoms with van der Waals surface area (Å²) in [6.07, 6.45) is 0. The maximum absolute atomic E-state index is 13.9. The summed E-state index contributed by atoms with van der Waals surface area (Å²) in [4.78, 5) is 24.6. The van der Waals surface area contributed by atoms with E-state index in [-0.39, 0.29) is 11.1 Å². The van der Waals surface area contributed by atoms with E-state index in [2.05, 4.69) is 4.57 Å². The summed E-state index contributed by atoms with van der Waals surface area (Å²) in [6.45, 7) is 0.516. The summed E-state index contributed by atoms with van der Waals surface area (Å²) in [6, 6.07) is 31.1. The lowest BCUT2D eigenvalue weighted by molar-refractivity contribution is -0.384. The van der Waals surface area contributed by atoms with E-state index in [1.165, 1.54) is 12.1 Å². The van der Waals surface area contributed by atoms with Crippen LogP contribution in [-0.4, -0.2) is 9.49 Å². The lowest BCUT2D eigenvalue weighted by Crippen LogP contribution is -2.17. The van der Waals surface area contributed by atoms with Gasteiger partial charge in [0.15, 0.2) is 5.43 Å². The van der Waals surface area contributed by atoms with E-state index in [4.69, 9.17) is 11.6 Å². The van der Waals surface area contributed by atoms with Gasteiger partial charge in [-0.1, -0.05) is 72.3 Å². The van der Waals surface area contributed by atoms with Crippen molar-refractivity contribution in [2.24, 2.45) is 0 Å². The summed E-state index contributed by atoms with van der Waals surface area (Å²) in [5.74, 6) is 0. The second-order valence-electron chi connectivity index (χ2n) is 7.96. The number of nitrogens with zero attached hydrogens (tertiary/aromatic N) is 2. The van der Waals surface area contributed by atoms with Crippen LogP contribution in [0.5, 0.6) is 0 Å². The summed E-state index contributed by atoms with van der Waals surface area (Å²) < 4.78 is 2.10. The molecule has 0 saturated carbocycles. The molecule has 0 unspecified atom stereocenters. The maximum Gasteiger partial charge on any atom is 0.269 e. The number of rotatable bonds is 5. The van der Waals surface area contributed by atoms with Crippen molar-refractivity contribution >= 4 is 28.2 Å². The quantitative estimate of drug-likeness (QED) is 0.208. The topological polar surface area (TPSA) is 65.1 Å². The van der Waals surface area contributed by atoms with Crippen LogP contribution in [0.15, 0.2) is 108 Å². The highest BCUT2D eigenvalue weighted by molar-refractivity contribution is 6.31. The van der Waals surface area contributed by atoms with Gasteiger partial charge >= 0.3 is 0 Å². The Bertz CT molecular complexity index is 1560. The van der Waals surface area contributed by atoms with Crippen molar-refractivity contribution in [2.45, 2.75) is 6.54 Å². The molecule has 34 heavy (non-hydrogen) atoms. The van der Waals surface area contributed by atoms with E-state index in [1.807, 2.05) is 66.7 Å². The molecule has 5 nitrogen and oxygen atoms in total. The zero-order valence-electron chi connectivity index (χ0n) is 18.0. The standard InChI is InChI=1S/C28H19ClN2O3/c29-22-13-16-24-25(17-22)30(18-19-7-3-1-4-8-19)27(21-9-5-2-6-10-21)26(28(24)32)20-11-14-23(15-12-20)31(33)34/h1-17H,18H2. The third kappa shape index (κ3) is 3.98. The number of fused-ring (bicyclic) bond motifs is 1. The molecule has 166 valence electrons. The van der Waals surface area contributed by atoms with Crippen molar-refractivity contribution in [1.82, 2.24) is 4.57 Å². The molecule has 0 saturated heterocycles. The van der Waals surface area contributed by atoms with Gasteiger partial charge < -0.3 is 4.57 Å². The van der Waals surface area contributed by atoms with Gasteiger partial charge in [-0.05, 0) is 47.0 Å². The van der Waals surface area contributed by atoms with Crippen molar-refractivity contribution in [3.05, 3.63) is 134 Å². The monoisotopic (exact) mass is 466 g/mol. The van der Waals surface area contributed by atoms with E-state index in [0.29, 0.717) is 28.1 Å². The number of nitro benzene ring substituents is 1. The normalized spacial score (nSPS) is 11.0. The lowest BCUT2D eigenvalue weighted by Gasteiger charge is -2.21. The molecule has 0 N–H and O–H groups in total. The van der Waals surface area contributed by atoms with Crippen LogP contribution < -0.4 is 5.43 Å². The SMILES string of the molecule is O=c1c(-c2ccc([N+](=O)[O-])cc2)c(-c2ccccc2)n(Cc2ccccc2)c2cc(Cl)ccc12. The first-order valence-electron chi connectivity index (χ1n) is 10.7.